The first-order valence-corrected chi connectivity index (χ1v) is 9.25. The van der Waals surface area contributed by atoms with Gasteiger partial charge in [-0.2, -0.15) is 0 Å². The third kappa shape index (κ3) is 60.3. The van der Waals surface area contributed by atoms with E-state index in [1.54, 1.807) is 0 Å². The van der Waals surface area contributed by atoms with E-state index in [4.69, 9.17) is 9.79 Å². The van der Waals surface area contributed by atoms with Gasteiger partial charge in [-0.3, -0.25) is 9.79 Å². The van der Waals surface area contributed by atoms with E-state index in [1.165, 1.54) is 0 Å². The molecule has 0 spiro atoms. The van der Waals surface area contributed by atoms with E-state index in [0.717, 1.165) is 0 Å². The summed E-state index contributed by atoms with van der Waals surface area (Å²) in [6.45, 7) is -2.11. The molecule has 0 atom stereocenters. The summed E-state index contributed by atoms with van der Waals surface area (Å²) >= 11 is 0. The number of rotatable bonds is 0. The van der Waals surface area contributed by atoms with Gasteiger partial charge in [0, 0.05) is 0 Å². The van der Waals surface area contributed by atoms with Crippen molar-refractivity contribution in [3.8, 4) is 0 Å². The van der Waals surface area contributed by atoms with Gasteiger partial charge in [0.25, 0.3) is 0 Å². The van der Waals surface area contributed by atoms with Crippen LogP contribution < -0.4 is 0 Å². The average molecular weight is 127 g/mol. The van der Waals surface area contributed by atoms with Crippen molar-refractivity contribution >= 4 is 26.6 Å². The SMILES string of the molecule is O[P+](O)([SiH3])[SiH3]. The maximum atomic E-state index is 8.31. The summed E-state index contributed by atoms with van der Waals surface area (Å²) in [6.07, 6.45) is 0. The third-order valence-corrected chi connectivity index (χ3v) is 0. The second-order valence-corrected chi connectivity index (χ2v) is 19.5. The number of hydrogen-bond donors (Lipinski definition) is 2. The molecule has 0 aliphatic heterocycles. The van der Waals surface area contributed by atoms with Crippen molar-refractivity contribution in [2.45, 2.75) is 0 Å². The van der Waals surface area contributed by atoms with Crippen LogP contribution in [0.25, 0.3) is 0 Å². The zero-order valence-corrected chi connectivity index (χ0v) is 8.24. The summed E-state index contributed by atoms with van der Waals surface area (Å²) in [5.74, 6) is 0. The van der Waals surface area contributed by atoms with Gasteiger partial charge in [-0.05, 0) is 0 Å². The van der Waals surface area contributed by atoms with Crippen molar-refractivity contribution in [3.05, 3.63) is 0 Å². The second-order valence-electron chi connectivity index (χ2n) is 1.34. The van der Waals surface area contributed by atoms with Crippen LogP contribution in [0.1, 0.15) is 0 Å². The first kappa shape index (κ1) is 5.78. The number of hydrogen-bond acceptors (Lipinski definition) is 2. The highest BCUT2D eigenvalue weighted by Crippen LogP contribution is 2.35. The average Bonchev–Trinajstić information content (AvgIpc) is 0.722. The van der Waals surface area contributed by atoms with Crippen molar-refractivity contribution in [3.63, 3.8) is 0 Å². The van der Waals surface area contributed by atoms with Gasteiger partial charge in [-0.1, -0.05) is 0 Å². The molecule has 0 heterocycles. The van der Waals surface area contributed by atoms with Gasteiger partial charge in [0.2, 0.25) is 19.8 Å². The first-order chi connectivity index (χ1) is 2.00. The van der Waals surface area contributed by atoms with Crippen LogP contribution in [0.15, 0.2) is 0 Å². The molecule has 0 bridgehead atoms. The molecule has 2 nitrogen and oxygen atoms in total. The molecule has 0 aliphatic carbocycles. The van der Waals surface area contributed by atoms with Crippen molar-refractivity contribution < 1.29 is 9.79 Å². The molecule has 0 radical (unpaired) electrons. The Morgan fingerprint density at radius 1 is 1.20 bits per heavy atom. The minimum Gasteiger partial charge on any atom is -0.251 e. The fourth-order valence-electron chi connectivity index (χ4n) is 0. The molecule has 2 N–H and O–H groups in total. The third-order valence-electron chi connectivity index (χ3n) is 0. The molecule has 0 fully saturated rings. The fraction of sp³-hybridized carbons (Fsp3) is 0. The molecule has 5 heavy (non-hydrogen) atoms. The van der Waals surface area contributed by atoms with Crippen LogP contribution in [0.2, 0.25) is 0 Å². The van der Waals surface area contributed by atoms with Gasteiger partial charge in [-0.15, -0.1) is 0 Å². The van der Waals surface area contributed by atoms with Crippen LogP contribution >= 0.6 is 6.81 Å². The van der Waals surface area contributed by atoms with E-state index in [9.17, 15) is 0 Å². The quantitative estimate of drug-likeness (QED) is 0.276. The smallest absolute Gasteiger partial charge is 0.234 e. The van der Waals surface area contributed by atoms with E-state index in [-0.39, 0.29) is 0 Å². The Morgan fingerprint density at radius 3 is 1.20 bits per heavy atom. The van der Waals surface area contributed by atoms with Crippen LogP contribution in [-0.2, 0) is 0 Å². The van der Waals surface area contributed by atoms with E-state index < -0.39 is 6.81 Å². The molecule has 0 unspecified atom stereocenters. The van der Waals surface area contributed by atoms with Gasteiger partial charge in [0.1, 0.15) is 0 Å². The molecule has 0 rings (SSSR count). The molecule has 0 aliphatic rings. The zero-order valence-electron chi connectivity index (χ0n) is 3.34. The Labute approximate surface area is 37.3 Å². The fourth-order valence-corrected chi connectivity index (χ4v) is 0. The minimum absolute atomic E-state index is 0.592. The predicted molar refractivity (Wildman–Crippen MR) is 31.2 cm³/mol. The molecule has 0 amide bonds. The van der Waals surface area contributed by atoms with Crippen LogP contribution in [0.4, 0.5) is 0 Å². The molecule has 0 aromatic rings. The predicted octanol–water partition coefficient (Wildman–Crippen LogP) is -2.62. The molecular weight excluding hydrogens is 119 g/mol. The van der Waals surface area contributed by atoms with E-state index in [1.807, 2.05) is 0 Å². The van der Waals surface area contributed by atoms with Crippen LogP contribution in [0.5, 0.6) is 0 Å². The minimum atomic E-state index is -2.11. The Morgan fingerprint density at radius 2 is 1.20 bits per heavy atom. The lowest BCUT2D eigenvalue weighted by atomic mass is 15.9. The Kier molecular flexibility index (Phi) is 1.72. The van der Waals surface area contributed by atoms with Crippen molar-refractivity contribution in [2.24, 2.45) is 0 Å². The topological polar surface area (TPSA) is 40.5 Å². The Bertz CT molecular complexity index is 23.1. The first-order valence-electron chi connectivity index (χ1n) is 1.29. The monoisotopic (exact) mass is 127 g/mol. The zero-order chi connectivity index (χ0) is 4.50. The summed E-state index contributed by atoms with van der Waals surface area (Å²) < 4.78 is 0. The summed E-state index contributed by atoms with van der Waals surface area (Å²) in [5.41, 5.74) is 0. The molecule has 0 saturated carbocycles. The summed E-state index contributed by atoms with van der Waals surface area (Å²) in [4.78, 5) is 16.6. The largest absolute Gasteiger partial charge is 0.251 e. The lowest BCUT2D eigenvalue weighted by Gasteiger charge is -1.94. The second kappa shape index (κ2) is 1.49. The Balaban J connectivity index is 3.02. The lowest BCUT2D eigenvalue weighted by molar-refractivity contribution is 0.494. The van der Waals surface area contributed by atoms with Gasteiger partial charge >= 0.3 is 0 Å². The molecule has 5 heteroatoms. The van der Waals surface area contributed by atoms with E-state index >= 15 is 0 Å². The van der Waals surface area contributed by atoms with Crippen molar-refractivity contribution in [2.75, 3.05) is 0 Å². The maximum absolute atomic E-state index is 8.31. The highest BCUT2D eigenvalue weighted by atomic mass is 31.7. The highest BCUT2D eigenvalue weighted by molar-refractivity contribution is 8.06. The summed E-state index contributed by atoms with van der Waals surface area (Å²) in [6, 6.07) is 0. The van der Waals surface area contributed by atoms with E-state index in [0.29, 0.717) is 19.8 Å². The van der Waals surface area contributed by atoms with Gasteiger partial charge in [0.15, 0.2) is 6.81 Å². The molecule has 0 aromatic heterocycles. The van der Waals surface area contributed by atoms with Crippen molar-refractivity contribution in [1.29, 1.82) is 0 Å². The van der Waals surface area contributed by atoms with Gasteiger partial charge < -0.3 is 0 Å². The Hall–Kier alpha value is 0.784. The summed E-state index contributed by atoms with van der Waals surface area (Å²) in [5, 5.41) is 0. The van der Waals surface area contributed by atoms with Gasteiger partial charge in [-0.25, -0.2) is 0 Å². The standard InChI is InChI=1S/H8O2PSi2/c1-3(2,4)5/h1-2H,4-5H3/q+1. The molecule has 0 aromatic carbocycles. The molecule has 32 valence electrons. The lowest BCUT2D eigenvalue weighted by Crippen LogP contribution is -1.82. The highest BCUT2D eigenvalue weighted by Gasteiger charge is 2.10. The molecular formula is H8O2PSi2+. The van der Waals surface area contributed by atoms with Crippen LogP contribution in [0.3, 0.4) is 0 Å². The van der Waals surface area contributed by atoms with Crippen LogP contribution in [-0.4, -0.2) is 29.6 Å². The van der Waals surface area contributed by atoms with E-state index in [2.05, 4.69) is 0 Å². The van der Waals surface area contributed by atoms with Crippen LogP contribution in [0, 0.1) is 0 Å². The normalized spacial score (nSPS) is 13.2. The van der Waals surface area contributed by atoms with Gasteiger partial charge in [0.05, 0.1) is 0 Å². The maximum Gasteiger partial charge on any atom is 0.234 e. The molecule has 0 saturated heterocycles. The van der Waals surface area contributed by atoms with Crippen molar-refractivity contribution in [1.82, 2.24) is 0 Å². The summed E-state index contributed by atoms with van der Waals surface area (Å²) in [7, 11) is 1.18.